The number of imidazole rings is 1. The van der Waals surface area contributed by atoms with E-state index in [1.54, 1.807) is 6.20 Å². The number of unbranched alkanes of at least 4 members (excludes halogenated alkanes) is 1. The Morgan fingerprint density at radius 2 is 2.20 bits per heavy atom. The maximum absolute atomic E-state index is 5.53. The lowest BCUT2D eigenvalue weighted by molar-refractivity contribution is 0.232. The Hall–Kier alpha value is -2.11. The van der Waals surface area contributed by atoms with E-state index in [4.69, 9.17) is 4.74 Å². The van der Waals surface area contributed by atoms with Crippen LogP contribution in [-0.4, -0.2) is 32.2 Å². The highest BCUT2D eigenvalue weighted by atomic mass is 16.5. The van der Waals surface area contributed by atoms with Gasteiger partial charge in [-0.25, -0.2) is 15.0 Å². The van der Waals surface area contributed by atoms with Crippen LogP contribution in [0.1, 0.15) is 26.7 Å². The van der Waals surface area contributed by atoms with E-state index in [2.05, 4.69) is 24.8 Å². The fourth-order valence-electron chi connectivity index (χ4n) is 1.80. The van der Waals surface area contributed by atoms with Crippen LogP contribution in [0.4, 0.5) is 5.82 Å². The first kappa shape index (κ1) is 14.3. The van der Waals surface area contributed by atoms with Crippen molar-refractivity contribution < 1.29 is 4.74 Å². The standard InChI is InChI=1S/C14H21N5O/c1-12(2)20-14-9-13(17-10-18-14)16-5-3-4-7-19-8-6-15-11-19/h6,8-12H,3-5,7H2,1-2H3,(H,16,17,18). The first-order valence-corrected chi connectivity index (χ1v) is 6.92. The van der Waals surface area contributed by atoms with Crippen LogP contribution in [0.3, 0.4) is 0 Å². The molecule has 20 heavy (non-hydrogen) atoms. The number of aryl methyl sites for hydroxylation is 1. The summed E-state index contributed by atoms with van der Waals surface area (Å²) in [6.07, 6.45) is 9.43. The van der Waals surface area contributed by atoms with Crippen molar-refractivity contribution >= 4 is 5.82 Å². The second-order valence-electron chi connectivity index (χ2n) is 4.84. The molecule has 0 aromatic carbocycles. The average molecular weight is 275 g/mol. The molecule has 2 rings (SSSR count). The highest BCUT2D eigenvalue weighted by Gasteiger charge is 2.01. The van der Waals surface area contributed by atoms with Crippen LogP contribution in [0.25, 0.3) is 0 Å². The topological polar surface area (TPSA) is 64.9 Å². The maximum atomic E-state index is 5.53. The monoisotopic (exact) mass is 275 g/mol. The van der Waals surface area contributed by atoms with Gasteiger partial charge in [0.1, 0.15) is 12.1 Å². The lowest BCUT2D eigenvalue weighted by Crippen LogP contribution is -2.09. The van der Waals surface area contributed by atoms with Crippen LogP contribution in [-0.2, 0) is 6.54 Å². The average Bonchev–Trinajstić information content (AvgIpc) is 2.91. The number of aromatic nitrogens is 4. The molecule has 2 aromatic rings. The second-order valence-corrected chi connectivity index (χ2v) is 4.84. The molecule has 0 bridgehead atoms. The Labute approximate surface area is 119 Å². The quantitative estimate of drug-likeness (QED) is 0.749. The molecule has 0 spiro atoms. The first-order chi connectivity index (χ1) is 9.74. The number of anilines is 1. The fraction of sp³-hybridized carbons (Fsp3) is 0.500. The third-order valence-electron chi connectivity index (χ3n) is 2.71. The SMILES string of the molecule is CC(C)Oc1cc(NCCCCn2ccnc2)ncn1. The molecular formula is C14H21N5O. The second kappa shape index (κ2) is 7.47. The van der Waals surface area contributed by atoms with Crippen molar-refractivity contribution in [3.63, 3.8) is 0 Å². The highest BCUT2D eigenvalue weighted by molar-refractivity contribution is 5.36. The van der Waals surface area contributed by atoms with Gasteiger partial charge < -0.3 is 14.6 Å². The molecule has 0 aliphatic rings. The molecule has 1 N–H and O–H groups in total. The van der Waals surface area contributed by atoms with Crippen LogP contribution in [0.2, 0.25) is 0 Å². The van der Waals surface area contributed by atoms with E-state index in [-0.39, 0.29) is 6.10 Å². The van der Waals surface area contributed by atoms with Crippen LogP contribution in [0.15, 0.2) is 31.1 Å². The Morgan fingerprint density at radius 1 is 1.30 bits per heavy atom. The zero-order valence-corrected chi connectivity index (χ0v) is 12.0. The molecule has 6 heteroatoms. The van der Waals surface area contributed by atoms with Crippen LogP contribution < -0.4 is 10.1 Å². The lowest BCUT2D eigenvalue weighted by Gasteiger charge is -2.10. The molecule has 6 nitrogen and oxygen atoms in total. The minimum atomic E-state index is 0.118. The predicted octanol–water partition coefficient (Wildman–Crippen LogP) is 2.35. The van der Waals surface area contributed by atoms with E-state index in [9.17, 15) is 0 Å². The predicted molar refractivity (Wildman–Crippen MR) is 77.7 cm³/mol. The summed E-state index contributed by atoms with van der Waals surface area (Å²) in [5, 5.41) is 3.28. The molecule has 0 atom stereocenters. The molecule has 0 amide bonds. The van der Waals surface area contributed by atoms with Gasteiger partial charge in [0.2, 0.25) is 5.88 Å². The zero-order valence-electron chi connectivity index (χ0n) is 12.0. The summed E-state index contributed by atoms with van der Waals surface area (Å²) >= 11 is 0. The fourth-order valence-corrected chi connectivity index (χ4v) is 1.80. The summed E-state index contributed by atoms with van der Waals surface area (Å²) in [6, 6.07) is 1.83. The largest absolute Gasteiger partial charge is 0.475 e. The first-order valence-electron chi connectivity index (χ1n) is 6.92. The van der Waals surface area contributed by atoms with Gasteiger partial charge in [0.15, 0.2) is 0 Å². The van der Waals surface area contributed by atoms with E-state index in [1.807, 2.05) is 32.4 Å². The van der Waals surface area contributed by atoms with E-state index in [1.165, 1.54) is 6.33 Å². The van der Waals surface area contributed by atoms with Crippen molar-refractivity contribution in [2.24, 2.45) is 0 Å². The van der Waals surface area contributed by atoms with E-state index >= 15 is 0 Å². The number of nitrogens with one attached hydrogen (secondary N) is 1. The van der Waals surface area contributed by atoms with Gasteiger partial charge in [-0.15, -0.1) is 0 Å². The third-order valence-corrected chi connectivity index (χ3v) is 2.71. The van der Waals surface area contributed by atoms with Crippen molar-refractivity contribution in [2.45, 2.75) is 39.3 Å². The normalized spacial score (nSPS) is 10.8. The molecule has 0 saturated carbocycles. The molecule has 0 unspecified atom stereocenters. The van der Waals surface area contributed by atoms with Crippen molar-refractivity contribution in [1.29, 1.82) is 0 Å². The van der Waals surface area contributed by atoms with Gasteiger partial charge >= 0.3 is 0 Å². The molecular weight excluding hydrogens is 254 g/mol. The van der Waals surface area contributed by atoms with E-state index < -0.39 is 0 Å². The molecule has 2 heterocycles. The van der Waals surface area contributed by atoms with Crippen molar-refractivity contribution in [2.75, 3.05) is 11.9 Å². The van der Waals surface area contributed by atoms with Gasteiger partial charge in [-0.1, -0.05) is 0 Å². The van der Waals surface area contributed by atoms with Gasteiger partial charge in [-0.05, 0) is 26.7 Å². The highest BCUT2D eigenvalue weighted by Crippen LogP contribution is 2.12. The van der Waals surface area contributed by atoms with Gasteiger partial charge in [-0.3, -0.25) is 0 Å². The van der Waals surface area contributed by atoms with Crippen LogP contribution >= 0.6 is 0 Å². The molecule has 0 fully saturated rings. The Balaban J connectivity index is 1.68. The van der Waals surface area contributed by atoms with Crippen molar-refractivity contribution in [3.8, 4) is 5.88 Å². The summed E-state index contributed by atoms with van der Waals surface area (Å²) in [4.78, 5) is 12.3. The smallest absolute Gasteiger partial charge is 0.218 e. The van der Waals surface area contributed by atoms with Crippen LogP contribution in [0.5, 0.6) is 5.88 Å². The maximum Gasteiger partial charge on any atom is 0.218 e. The minimum Gasteiger partial charge on any atom is -0.475 e. The zero-order chi connectivity index (χ0) is 14.2. The molecule has 108 valence electrons. The van der Waals surface area contributed by atoms with Crippen molar-refractivity contribution in [3.05, 3.63) is 31.1 Å². The number of hydrogen-bond acceptors (Lipinski definition) is 5. The van der Waals surface area contributed by atoms with Gasteiger partial charge in [0.25, 0.3) is 0 Å². The molecule has 0 radical (unpaired) electrons. The number of ether oxygens (including phenoxy) is 1. The molecule has 2 aromatic heterocycles. The van der Waals surface area contributed by atoms with Gasteiger partial charge in [0, 0.05) is 31.5 Å². The Bertz CT molecular complexity index is 498. The lowest BCUT2D eigenvalue weighted by atomic mass is 10.3. The van der Waals surface area contributed by atoms with Crippen LogP contribution in [0, 0.1) is 0 Å². The summed E-state index contributed by atoms with van der Waals surface area (Å²) in [5.74, 6) is 1.41. The number of rotatable bonds is 8. The summed E-state index contributed by atoms with van der Waals surface area (Å²) in [7, 11) is 0. The molecule has 0 aliphatic heterocycles. The Morgan fingerprint density at radius 3 is 2.95 bits per heavy atom. The summed E-state index contributed by atoms with van der Waals surface area (Å²) < 4.78 is 7.61. The number of nitrogens with zero attached hydrogens (tertiary/aromatic N) is 4. The molecule has 0 saturated heterocycles. The number of hydrogen-bond donors (Lipinski definition) is 1. The van der Waals surface area contributed by atoms with E-state index in [0.717, 1.165) is 31.7 Å². The van der Waals surface area contributed by atoms with Gasteiger partial charge in [-0.2, -0.15) is 0 Å². The third kappa shape index (κ3) is 4.87. The Kier molecular flexibility index (Phi) is 5.34. The minimum absolute atomic E-state index is 0.118. The van der Waals surface area contributed by atoms with E-state index in [0.29, 0.717) is 5.88 Å². The summed E-state index contributed by atoms with van der Waals surface area (Å²) in [6.45, 7) is 5.83. The van der Waals surface area contributed by atoms with Crippen molar-refractivity contribution in [1.82, 2.24) is 19.5 Å². The molecule has 0 aliphatic carbocycles. The summed E-state index contributed by atoms with van der Waals surface area (Å²) in [5.41, 5.74) is 0. The van der Waals surface area contributed by atoms with Gasteiger partial charge in [0.05, 0.1) is 12.4 Å².